The molecule has 0 saturated carbocycles. The second-order valence-corrected chi connectivity index (χ2v) is 3.52. The van der Waals surface area contributed by atoms with E-state index in [4.69, 9.17) is 10.8 Å². The van der Waals surface area contributed by atoms with Gasteiger partial charge >= 0.3 is 5.97 Å². The quantitative estimate of drug-likeness (QED) is 0.776. The van der Waals surface area contributed by atoms with Gasteiger partial charge in [0.1, 0.15) is 5.82 Å². The number of hydrogen-bond donors (Lipinski definition) is 2. The molecule has 0 aromatic heterocycles. The van der Waals surface area contributed by atoms with Gasteiger partial charge in [0.15, 0.2) is 0 Å². The Morgan fingerprint density at radius 1 is 1.40 bits per heavy atom. The highest BCUT2D eigenvalue weighted by Crippen LogP contribution is 2.07. The van der Waals surface area contributed by atoms with Crippen molar-refractivity contribution in [2.45, 2.75) is 25.3 Å². The largest absolute Gasteiger partial charge is 0.481 e. The van der Waals surface area contributed by atoms with Crippen LogP contribution in [0.15, 0.2) is 24.3 Å². The molecular weight excluding hydrogens is 197 g/mol. The molecule has 0 radical (unpaired) electrons. The lowest BCUT2D eigenvalue weighted by Crippen LogP contribution is -2.23. The zero-order valence-electron chi connectivity index (χ0n) is 8.32. The van der Waals surface area contributed by atoms with Crippen LogP contribution in [0.3, 0.4) is 0 Å². The molecule has 0 fully saturated rings. The van der Waals surface area contributed by atoms with E-state index in [-0.39, 0.29) is 18.3 Å². The number of nitrogens with two attached hydrogens (primary N) is 1. The Morgan fingerprint density at radius 2 is 2.00 bits per heavy atom. The second-order valence-electron chi connectivity index (χ2n) is 3.52. The molecule has 4 heteroatoms. The summed E-state index contributed by atoms with van der Waals surface area (Å²) in [6.45, 7) is 0. The Balaban J connectivity index is 2.40. The summed E-state index contributed by atoms with van der Waals surface area (Å²) in [4.78, 5) is 10.3. The summed E-state index contributed by atoms with van der Waals surface area (Å²) in [5, 5.41) is 8.46. The zero-order valence-corrected chi connectivity index (χ0v) is 8.32. The second kappa shape index (κ2) is 5.46. The SMILES string of the molecule is NC(CCC(=O)O)Cc1ccc(F)cc1. The molecule has 0 amide bonds. The maximum absolute atomic E-state index is 12.6. The minimum Gasteiger partial charge on any atom is -0.481 e. The maximum atomic E-state index is 12.6. The van der Waals surface area contributed by atoms with Crippen LogP contribution in [-0.2, 0) is 11.2 Å². The summed E-state index contributed by atoms with van der Waals surface area (Å²) in [5.41, 5.74) is 6.66. The fourth-order valence-corrected chi connectivity index (χ4v) is 1.33. The van der Waals surface area contributed by atoms with Crippen molar-refractivity contribution in [3.8, 4) is 0 Å². The molecule has 82 valence electrons. The third-order valence-electron chi connectivity index (χ3n) is 2.14. The van der Waals surface area contributed by atoms with E-state index in [0.29, 0.717) is 12.8 Å². The van der Waals surface area contributed by atoms with Gasteiger partial charge in [-0.25, -0.2) is 4.39 Å². The van der Waals surface area contributed by atoms with Gasteiger partial charge in [-0.15, -0.1) is 0 Å². The van der Waals surface area contributed by atoms with E-state index in [1.807, 2.05) is 0 Å². The molecule has 0 spiro atoms. The summed E-state index contributed by atoms with van der Waals surface area (Å²) in [7, 11) is 0. The summed E-state index contributed by atoms with van der Waals surface area (Å²) >= 11 is 0. The first-order valence-corrected chi connectivity index (χ1v) is 4.80. The third kappa shape index (κ3) is 4.56. The van der Waals surface area contributed by atoms with Gasteiger partial charge in [-0.1, -0.05) is 12.1 Å². The van der Waals surface area contributed by atoms with Gasteiger partial charge in [-0.05, 0) is 30.5 Å². The summed E-state index contributed by atoms with van der Waals surface area (Å²) in [5.74, 6) is -1.12. The lowest BCUT2D eigenvalue weighted by Gasteiger charge is -2.09. The first-order chi connectivity index (χ1) is 7.08. The lowest BCUT2D eigenvalue weighted by atomic mass is 10.0. The molecule has 0 aliphatic carbocycles. The van der Waals surface area contributed by atoms with Gasteiger partial charge in [0.25, 0.3) is 0 Å². The average molecular weight is 211 g/mol. The Hall–Kier alpha value is -1.42. The molecule has 0 heterocycles. The van der Waals surface area contributed by atoms with Crippen LogP contribution in [0.25, 0.3) is 0 Å². The summed E-state index contributed by atoms with van der Waals surface area (Å²) in [6.07, 6.45) is 1.09. The van der Waals surface area contributed by atoms with E-state index in [1.165, 1.54) is 12.1 Å². The van der Waals surface area contributed by atoms with Crippen LogP contribution >= 0.6 is 0 Å². The first-order valence-electron chi connectivity index (χ1n) is 4.80. The lowest BCUT2D eigenvalue weighted by molar-refractivity contribution is -0.137. The van der Waals surface area contributed by atoms with Crippen molar-refractivity contribution in [2.24, 2.45) is 5.73 Å². The van der Waals surface area contributed by atoms with E-state index in [0.717, 1.165) is 5.56 Å². The average Bonchev–Trinajstić information content (AvgIpc) is 2.19. The van der Waals surface area contributed by atoms with E-state index < -0.39 is 5.97 Å². The zero-order chi connectivity index (χ0) is 11.3. The molecule has 0 saturated heterocycles. The standard InChI is InChI=1S/C11H14FNO2/c12-9-3-1-8(2-4-9)7-10(13)5-6-11(14)15/h1-4,10H,5-7,13H2,(H,14,15). The molecular formula is C11H14FNO2. The Bertz CT molecular complexity index is 324. The van der Waals surface area contributed by atoms with Gasteiger partial charge in [0.05, 0.1) is 0 Å². The molecule has 1 aromatic rings. The van der Waals surface area contributed by atoms with E-state index >= 15 is 0 Å². The molecule has 1 atom stereocenters. The van der Waals surface area contributed by atoms with Crippen LogP contribution in [0, 0.1) is 5.82 Å². The van der Waals surface area contributed by atoms with Gasteiger partial charge < -0.3 is 10.8 Å². The van der Waals surface area contributed by atoms with Gasteiger partial charge in [0, 0.05) is 12.5 Å². The van der Waals surface area contributed by atoms with Crippen LogP contribution < -0.4 is 5.73 Å². The smallest absolute Gasteiger partial charge is 0.303 e. The fraction of sp³-hybridized carbons (Fsp3) is 0.364. The molecule has 1 aromatic carbocycles. The highest BCUT2D eigenvalue weighted by atomic mass is 19.1. The van der Waals surface area contributed by atoms with Crippen LogP contribution in [0.1, 0.15) is 18.4 Å². The highest BCUT2D eigenvalue weighted by Gasteiger charge is 2.06. The number of aliphatic carboxylic acids is 1. The van der Waals surface area contributed by atoms with Crippen LogP contribution in [0.5, 0.6) is 0 Å². The summed E-state index contributed by atoms with van der Waals surface area (Å²) < 4.78 is 12.6. The van der Waals surface area contributed by atoms with Crippen molar-refractivity contribution in [2.75, 3.05) is 0 Å². The maximum Gasteiger partial charge on any atom is 0.303 e. The number of carbonyl (C=O) groups is 1. The third-order valence-corrected chi connectivity index (χ3v) is 2.14. The number of carboxylic acids is 1. The number of halogens is 1. The van der Waals surface area contributed by atoms with Crippen molar-refractivity contribution in [3.63, 3.8) is 0 Å². The molecule has 0 aliphatic rings. The minimum absolute atomic E-state index is 0.0718. The number of benzene rings is 1. The predicted molar refractivity (Wildman–Crippen MR) is 54.9 cm³/mol. The van der Waals surface area contributed by atoms with Crippen molar-refractivity contribution < 1.29 is 14.3 Å². The first kappa shape index (κ1) is 11.7. The van der Waals surface area contributed by atoms with Crippen LogP contribution in [0.4, 0.5) is 4.39 Å². The van der Waals surface area contributed by atoms with Crippen molar-refractivity contribution in [1.29, 1.82) is 0 Å². The predicted octanol–water partition coefficient (Wildman–Crippen LogP) is 1.56. The van der Waals surface area contributed by atoms with Crippen molar-refractivity contribution in [1.82, 2.24) is 0 Å². The Kier molecular flexibility index (Phi) is 4.24. The minimum atomic E-state index is -0.843. The van der Waals surface area contributed by atoms with Crippen molar-refractivity contribution in [3.05, 3.63) is 35.6 Å². The van der Waals surface area contributed by atoms with Crippen LogP contribution in [0.2, 0.25) is 0 Å². The number of hydrogen-bond acceptors (Lipinski definition) is 2. The molecule has 1 rings (SSSR count). The number of rotatable bonds is 5. The Labute approximate surface area is 87.7 Å². The molecule has 1 unspecified atom stereocenters. The van der Waals surface area contributed by atoms with E-state index in [9.17, 15) is 9.18 Å². The van der Waals surface area contributed by atoms with E-state index in [2.05, 4.69) is 0 Å². The highest BCUT2D eigenvalue weighted by molar-refractivity contribution is 5.66. The van der Waals surface area contributed by atoms with E-state index in [1.54, 1.807) is 12.1 Å². The van der Waals surface area contributed by atoms with Gasteiger partial charge in [-0.2, -0.15) is 0 Å². The molecule has 0 bridgehead atoms. The summed E-state index contributed by atoms with van der Waals surface area (Å²) in [6, 6.07) is 5.89. The molecule has 3 nitrogen and oxygen atoms in total. The number of carboxylic acid groups (broad SMARTS) is 1. The normalized spacial score (nSPS) is 12.4. The molecule has 3 N–H and O–H groups in total. The Morgan fingerprint density at radius 3 is 2.53 bits per heavy atom. The topological polar surface area (TPSA) is 63.3 Å². The van der Waals surface area contributed by atoms with Gasteiger partial charge in [0.2, 0.25) is 0 Å². The molecule has 15 heavy (non-hydrogen) atoms. The monoisotopic (exact) mass is 211 g/mol. The van der Waals surface area contributed by atoms with Crippen LogP contribution in [-0.4, -0.2) is 17.1 Å². The molecule has 0 aliphatic heterocycles. The fourth-order valence-electron chi connectivity index (χ4n) is 1.33. The van der Waals surface area contributed by atoms with Gasteiger partial charge in [-0.3, -0.25) is 4.79 Å². The van der Waals surface area contributed by atoms with Crippen molar-refractivity contribution >= 4 is 5.97 Å².